The van der Waals surface area contributed by atoms with Crippen molar-refractivity contribution in [2.45, 2.75) is 0 Å². The lowest BCUT2D eigenvalue weighted by molar-refractivity contribution is -0.577. The Morgan fingerprint density at radius 2 is 2.45 bits per heavy atom. The van der Waals surface area contributed by atoms with Crippen molar-refractivity contribution >= 4 is 11.0 Å². The SMILES string of the molecule is [O-][n+]1ccnc2[c]cccc21. The van der Waals surface area contributed by atoms with E-state index in [1.54, 1.807) is 18.2 Å². The summed E-state index contributed by atoms with van der Waals surface area (Å²) in [4.78, 5) is 3.97. The minimum Gasteiger partial charge on any atom is -0.618 e. The molecule has 0 aliphatic heterocycles. The molecule has 2 rings (SSSR count). The van der Waals surface area contributed by atoms with Gasteiger partial charge in [0.05, 0.1) is 6.20 Å². The lowest BCUT2D eigenvalue weighted by Gasteiger charge is -1.97. The van der Waals surface area contributed by atoms with E-state index in [2.05, 4.69) is 11.1 Å². The molecule has 1 aromatic heterocycles. The molecule has 0 bridgehead atoms. The van der Waals surface area contributed by atoms with Crippen molar-refractivity contribution in [3.8, 4) is 0 Å². The molecule has 0 saturated carbocycles. The van der Waals surface area contributed by atoms with Crippen LogP contribution in [0, 0.1) is 11.3 Å². The van der Waals surface area contributed by atoms with Gasteiger partial charge < -0.3 is 5.21 Å². The van der Waals surface area contributed by atoms with Crippen molar-refractivity contribution in [1.82, 2.24) is 4.98 Å². The minimum absolute atomic E-state index is 0.551. The first-order chi connectivity index (χ1) is 5.38. The summed E-state index contributed by atoms with van der Waals surface area (Å²) in [5, 5.41) is 11.0. The lowest BCUT2D eigenvalue weighted by atomic mass is 10.3. The van der Waals surface area contributed by atoms with Crippen LogP contribution >= 0.6 is 0 Å². The van der Waals surface area contributed by atoms with Gasteiger partial charge in [0.25, 0.3) is 0 Å². The Kier molecular flexibility index (Phi) is 1.22. The molecule has 0 aliphatic rings. The lowest BCUT2D eigenvalue weighted by Crippen LogP contribution is -2.26. The normalized spacial score (nSPS) is 10.2. The van der Waals surface area contributed by atoms with Gasteiger partial charge in [-0.15, -0.1) is 0 Å². The van der Waals surface area contributed by atoms with Crippen LogP contribution in [0.25, 0.3) is 11.0 Å². The Bertz CT molecular complexity index is 381. The van der Waals surface area contributed by atoms with E-state index in [1.165, 1.54) is 12.4 Å². The highest BCUT2D eigenvalue weighted by Gasteiger charge is 2.00. The molecular weight excluding hydrogens is 140 g/mol. The molecule has 3 nitrogen and oxygen atoms in total. The van der Waals surface area contributed by atoms with Crippen molar-refractivity contribution < 1.29 is 4.73 Å². The zero-order valence-electron chi connectivity index (χ0n) is 5.69. The third-order valence-corrected chi connectivity index (χ3v) is 1.46. The summed E-state index contributed by atoms with van der Waals surface area (Å²) in [6, 6.07) is 8.07. The van der Waals surface area contributed by atoms with Gasteiger partial charge in [-0.25, -0.2) is 4.98 Å². The van der Waals surface area contributed by atoms with E-state index in [9.17, 15) is 5.21 Å². The van der Waals surface area contributed by atoms with E-state index in [-0.39, 0.29) is 0 Å². The number of fused-ring (bicyclic) bond motifs is 1. The molecule has 0 amide bonds. The topological polar surface area (TPSA) is 39.8 Å². The third-order valence-electron chi connectivity index (χ3n) is 1.46. The Balaban J connectivity index is 2.91. The summed E-state index contributed by atoms with van der Waals surface area (Å²) in [6.45, 7) is 0. The molecule has 1 radical (unpaired) electrons. The largest absolute Gasteiger partial charge is 0.618 e. The van der Waals surface area contributed by atoms with Crippen molar-refractivity contribution in [3.63, 3.8) is 0 Å². The highest BCUT2D eigenvalue weighted by molar-refractivity contribution is 5.69. The van der Waals surface area contributed by atoms with E-state index in [4.69, 9.17) is 0 Å². The Morgan fingerprint density at radius 1 is 1.55 bits per heavy atom. The van der Waals surface area contributed by atoms with Crippen molar-refractivity contribution in [1.29, 1.82) is 0 Å². The first kappa shape index (κ1) is 6.09. The van der Waals surface area contributed by atoms with Crippen LogP contribution in [0.4, 0.5) is 0 Å². The molecule has 0 atom stereocenters. The zero-order valence-corrected chi connectivity index (χ0v) is 5.69. The molecule has 1 aromatic carbocycles. The van der Waals surface area contributed by atoms with Crippen LogP contribution in [0.5, 0.6) is 0 Å². The minimum atomic E-state index is 0.551. The van der Waals surface area contributed by atoms with Crippen LogP contribution in [0.2, 0.25) is 0 Å². The maximum atomic E-state index is 11.0. The molecule has 0 aliphatic carbocycles. The van der Waals surface area contributed by atoms with Gasteiger partial charge in [-0.2, -0.15) is 4.73 Å². The molecule has 0 N–H and O–H groups in total. The van der Waals surface area contributed by atoms with Gasteiger partial charge in [-0.05, 0) is 0 Å². The first-order valence-electron chi connectivity index (χ1n) is 3.22. The van der Waals surface area contributed by atoms with Crippen molar-refractivity contribution in [2.24, 2.45) is 0 Å². The molecule has 0 spiro atoms. The molecular formula is C8H5N2O. The van der Waals surface area contributed by atoms with E-state index in [0.717, 1.165) is 4.73 Å². The van der Waals surface area contributed by atoms with Crippen LogP contribution in [0.15, 0.2) is 30.6 Å². The maximum Gasteiger partial charge on any atom is 0.243 e. The van der Waals surface area contributed by atoms with E-state index in [1.807, 2.05) is 0 Å². The molecule has 3 heteroatoms. The van der Waals surface area contributed by atoms with Gasteiger partial charge in [-0.3, -0.25) is 0 Å². The fourth-order valence-corrected chi connectivity index (χ4v) is 0.949. The molecule has 0 saturated heterocycles. The van der Waals surface area contributed by atoms with Gasteiger partial charge in [0.2, 0.25) is 5.52 Å². The second kappa shape index (κ2) is 2.20. The maximum absolute atomic E-state index is 11.0. The fraction of sp³-hybridized carbons (Fsp3) is 0. The number of nitrogens with zero attached hydrogens (tertiary/aromatic N) is 2. The standard InChI is InChI=1S/C8H5N2O/c11-10-6-5-9-7-3-1-2-4-8(7)10/h1-2,4-6H. The van der Waals surface area contributed by atoms with Gasteiger partial charge in [0.15, 0.2) is 6.20 Å². The summed E-state index contributed by atoms with van der Waals surface area (Å²) in [5.74, 6) is 0. The number of hydrogen-bond donors (Lipinski definition) is 0. The summed E-state index contributed by atoms with van der Waals surface area (Å²) in [7, 11) is 0. The summed E-state index contributed by atoms with van der Waals surface area (Å²) >= 11 is 0. The van der Waals surface area contributed by atoms with Crippen LogP contribution in [0.1, 0.15) is 0 Å². The van der Waals surface area contributed by atoms with Gasteiger partial charge in [0, 0.05) is 12.1 Å². The number of aromatic nitrogens is 2. The predicted octanol–water partition coefficient (Wildman–Crippen LogP) is 0.668. The molecule has 2 aromatic rings. The first-order valence-corrected chi connectivity index (χ1v) is 3.22. The zero-order chi connectivity index (χ0) is 7.68. The van der Waals surface area contributed by atoms with E-state index >= 15 is 0 Å². The fourth-order valence-electron chi connectivity index (χ4n) is 0.949. The number of para-hydroxylation sites is 1. The quantitative estimate of drug-likeness (QED) is 0.403. The summed E-state index contributed by atoms with van der Waals surface area (Å²) in [5.41, 5.74) is 1.15. The second-order valence-electron chi connectivity index (χ2n) is 2.16. The third kappa shape index (κ3) is 0.902. The van der Waals surface area contributed by atoms with Crippen LogP contribution in [-0.4, -0.2) is 4.98 Å². The average Bonchev–Trinajstić information content (AvgIpc) is 2.06. The number of rotatable bonds is 0. The Morgan fingerprint density at radius 3 is 3.27 bits per heavy atom. The number of benzene rings is 1. The monoisotopic (exact) mass is 145 g/mol. The predicted molar refractivity (Wildman–Crippen MR) is 39.5 cm³/mol. The van der Waals surface area contributed by atoms with Crippen molar-refractivity contribution in [2.75, 3.05) is 0 Å². The summed E-state index contributed by atoms with van der Waals surface area (Å²) < 4.78 is 0.777. The summed E-state index contributed by atoms with van der Waals surface area (Å²) in [6.07, 6.45) is 2.84. The van der Waals surface area contributed by atoms with Crippen molar-refractivity contribution in [3.05, 3.63) is 41.9 Å². The second-order valence-corrected chi connectivity index (χ2v) is 2.16. The van der Waals surface area contributed by atoms with Crippen LogP contribution < -0.4 is 4.73 Å². The highest BCUT2D eigenvalue weighted by atomic mass is 16.5. The van der Waals surface area contributed by atoms with Gasteiger partial charge in [-0.1, -0.05) is 12.1 Å². The Hall–Kier alpha value is -1.64. The van der Waals surface area contributed by atoms with Gasteiger partial charge in [0.1, 0.15) is 5.52 Å². The van der Waals surface area contributed by atoms with Crippen LogP contribution in [0.3, 0.4) is 0 Å². The van der Waals surface area contributed by atoms with E-state index in [0.29, 0.717) is 11.0 Å². The molecule has 0 unspecified atom stereocenters. The van der Waals surface area contributed by atoms with Gasteiger partial charge >= 0.3 is 0 Å². The molecule has 11 heavy (non-hydrogen) atoms. The number of hydrogen-bond acceptors (Lipinski definition) is 2. The van der Waals surface area contributed by atoms with E-state index < -0.39 is 0 Å². The average molecular weight is 145 g/mol. The van der Waals surface area contributed by atoms with Crippen LogP contribution in [-0.2, 0) is 0 Å². The molecule has 1 heterocycles. The Labute approximate surface area is 63.5 Å². The molecule has 53 valence electrons. The molecule has 0 fully saturated rings. The smallest absolute Gasteiger partial charge is 0.243 e. The highest BCUT2D eigenvalue weighted by Crippen LogP contribution is 2.02.